The molecule has 1 fully saturated rings. The van der Waals surface area contributed by atoms with Crippen LogP contribution in [0, 0.1) is 13.8 Å². The van der Waals surface area contributed by atoms with Gasteiger partial charge in [-0.15, -0.1) is 22.9 Å². The molecule has 0 bridgehead atoms. The maximum Gasteiger partial charge on any atom is 0.240 e. The van der Waals surface area contributed by atoms with E-state index in [0.717, 1.165) is 38.4 Å². The number of piperazine rings is 1. The summed E-state index contributed by atoms with van der Waals surface area (Å²) in [5.41, 5.74) is 1.13. The summed E-state index contributed by atoms with van der Waals surface area (Å²) in [6.45, 7) is 10.1. The molecule has 0 spiro atoms. The summed E-state index contributed by atoms with van der Waals surface area (Å²) in [6.07, 6.45) is 0. The molecule has 0 aliphatic carbocycles. The van der Waals surface area contributed by atoms with Gasteiger partial charge >= 0.3 is 0 Å². The highest BCUT2D eigenvalue weighted by Gasteiger charge is 2.24. The number of hydrogen-bond donors (Lipinski definition) is 0. The van der Waals surface area contributed by atoms with Gasteiger partial charge in [-0.1, -0.05) is 0 Å². The summed E-state index contributed by atoms with van der Waals surface area (Å²) < 4.78 is 0. The molecular formula is C13H20ClN3OS. The molecule has 1 aliphatic heterocycles. The van der Waals surface area contributed by atoms with Crippen molar-refractivity contribution in [3.05, 3.63) is 15.6 Å². The Morgan fingerprint density at radius 3 is 2.47 bits per heavy atom. The van der Waals surface area contributed by atoms with Crippen LogP contribution in [0.15, 0.2) is 0 Å². The van der Waals surface area contributed by atoms with Crippen molar-refractivity contribution in [1.29, 1.82) is 0 Å². The minimum atomic E-state index is -0.421. The number of aryl methyl sites for hydroxylation is 2. The zero-order valence-electron chi connectivity index (χ0n) is 11.6. The van der Waals surface area contributed by atoms with Gasteiger partial charge in [0.05, 0.1) is 12.2 Å². The number of carbonyl (C=O) groups excluding carboxylic acids is 1. The first-order chi connectivity index (χ1) is 8.97. The number of nitrogens with zero attached hydrogens (tertiary/aromatic N) is 3. The predicted molar refractivity (Wildman–Crippen MR) is 78.8 cm³/mol. The van der Waals surface area contributed by atoms with Gasteiger partial charge in [0, 0.05) is 31.1 Å². The van der Waals surface area contributed by atoms with Crippen molar-refractivity contribution in [2.45, 2.75) is 32.7 Å². The van der Waals surface area contributed by atoms with E-state index in [1.807, 2.05) is 11.8 Å². The average Bonchev–Trinajstić information content (AvgIpc) is 2.68. The second-order valence-electron chi connectivity index (χ2n) is 4.97. The minimum Gasteiger partial charge on any atom is -0.339 e. The number of hydrogen-bond acceptors (Lipinski definition) is 4. The lowest BCUT2D eigenvalue weighted by atomic mass is 10.3. The van der Waals surface area contributed by atoms with Crippen molar-refractivity contribution in [3.8, 4) is 0 Å². The first-order valence-corrected chi connectivity index (χ1v) is 7.81. The Labute approximate surface area is 123 Å². The number of rotatable bonds is 3. The van der Waals surface area contributed by atoms with Gasteiger partial charge in [-0.05, 0) is 20.8 Å². The summed E-state index contributed by atoms with van der Waals surface area (Å²) in [6, 6.07) is 0. The Hall–Kier alpha value is -0.650. The highest BCUT2D eigenvalue weighted by molar-refractivity contribution is 7.11. The van der Waals surface area contributed by atoms with Crippen molar-refractivity contribution in [2.75, 3.05) is 26.2 Å². The number of carbonyl (C=O) groups is 1. The van der Waals surface area contributed by atoms with Crippen molar-refractivity contribution in [1.82, 2.24) is 14.8 Å². The summed E-state index contributed by atoms with van der Waals surface area (Å²) in [5.74, 6) is 0.0438. The monoisotopic (exact) mass is 301 g/mol. The van der Waals surface area contributed by atoms with Crippen LogP contribution in [0.1, 0.15) is 22.5 Å². The first-order valence-electron chi connectivity index (χ1n) is 6.55. The SMILES string of the molecule is Cc1nc(CN2CCN(C(=O)C(C)Cl)CC2)sc1C. The number of aromatic nitrogens is 1. The molecule has 0 saturated carbocycles. The molecule has 1 saturated heterocycles. The predicted octanol–water partition coefficient (Wildman–Crippen LogP) is 2.03. The molecule has 1 amide bonds. The largest absolute Gasteiger partial charge is 0.339 e. The topological polar surface area (TPSA) is 36.4 Å². The van der Waals surface area contributed by atoms with Crippen LogP contribution in [-0.4, -0.2) is 52.2 Å². The van der Waals surface area contributed by atoms with Gasteiger partial charge < -0.3 is 4.90 Å². The van der Waals surface area contributed by atoms with Crippen LogP contribution >= 0.6 is 22.9 Å². The van der Waals surface area contributed by atoms with Gasteiger partial charge in [-0.25, -0.2) is 4.98 Å². The van der Waals surface area contributed by atoms with Crippen LogP contribution in [-0.2, 0) is 11.3 Å². The molecule has 19 heavy (non-hydrogen) atoms. The second kappa shape index (κ2) is 6.20. The summed E-state index contributed by atoms with van der Waals surface area (Å²) in [5, 5.41) is 0.747. The van der Waals surface area contributed by atoms with Crippen LogP contribution in [0.3, 0.4) is 0 Å². The molecule has 0 N–H and O–H groups in total. The standard InChI is InChI=1S/C13H20ClN3OS/c1-9(14)13(18)17-6-4-16(5-7-17)8-12-15-10(2)11(3)19-12/h9H,4-8H2,1-3H3. The molecule has 0 radical (unpaired) electrons. The third-order valence-electron chi connectivity index (χ3n) is 3.46. The smallest absolute Gasteiger partial charge is 0.240 e. The fraction of sp³-hybridized carbons (Fsp3) is 0.692. The lowest BCUT2D eigenvalue weighted by Gasteiger charge is -2.34. The quantitative estimate of drug-likeness (QED) is 0.802. The number of alkyl halides is 1. The average molecular weight is 302 g/mol. The van der Waals surface area contributed by atoms with Gasteiger partial charge in [0.1, 0.15) is 10.4 Å². The van der Waals surface area contributed by atoms with Crippen LogP contribution in [0.5, 0.6) is 0 Å². The van der Waals surface area contributed by atoms with E-state index >= 15 is 0 Å². The van der Waals surface area contributed by atoms with Crippen molar-refractivity contribution < 1.29 is 4.79 Å². The molecule has 1 unspecified atom stereocenters. The Morgan fingerprint density at radius 1 is 1.37 bits per heavy atom. The molecule has 1 aromatic heterocycles. The maximum atomic E-state index is 11.8. The van der Waals surface area contributed by atoms with E-state index in [1.165, 1.54) is 9.88 Å². The zero-order chi connectivity index (χ0) is 14.0. The summed E-state index contributed by atoms with van der Waals surface area (Å²) >= 11 is 7.60. The first kappa shape index (κ1) is 14.8. The van der Waals surface area contributed by atoms with Crippen LogP contribution in [0.2, 0.25) is 0 Å². The Morgan fingerprint density at radius 2 is 2.00 bits per heavy atom. The van der Waals surface area contributed by atoms with E-state index in [9.17, 15) is 4.79 Å². The normalized spacial score (nSPS) is 18.6. The van der Waals surface area contributed by atoms with Crippen molar-refractivity contribution in [3.63, 3.8) is 0 Å². The second-order valence-corrected chi connectivity index (χ2v) is 6.91. The lowest BCUT2D eigenvalue weighted by molar-refractivity contribution is -0.132. The Bertz CT molecular complexity index is 433. The van der Waals surface area contributed by atoms with Gasteiger partial charge in [0.25, 0.3) is 0 Å². The molecule has 4 nitrogen and oxygen atoms in total. The van der Waals surface area contributed by atoms with Crippen LogP contribution < -0.4 is 0 Å². The van der Waals surface area contributed by atoms with Gasteiger partial charge in [-0.3, -0.25) is 9.69 Å². The Kier molecular flexibility index (Phi) is 4.81. The van der Waals surface area contributed by atoms with Crippen LogP contribution in [0.25, 0.3) is 0 Å². The van der Waals surface area contributed by atoms with Crippen molar-refractivity contribution in [2.24, 2.45) is 0 Å². The molecule has 0 aromatic carbocycles. The van der Waals surface area contributed by atoms with E-state index in [1.54, 1.807) is 18.3 Å². The lowest BCUT2D eigenvalue weighted by Crippen LogP contribution is -2.49. The molecule has 2 heterocycles. The molecule has 6 heteroatoms. The van der Waals surface area contributed by atoms with E-state index in [-0.39, 0.29) is 5.91 Å². The fourth-order valence-corrected chi connectivity index (χ4v) is 3.29. The molecule has 106 valence electrons. The van der Waals surface area contributed by atoms with Gasteiger partial charge in [0.15, 0.2) is 0 Å². The van der Waals surface area contributed by atoms with Gasteiger partial charge in [0.2, 0.25) is 5.91 Å². The summed E-state index contributed by atoms with van der Waals surface area (Å²) in [7, 11) is 0. The fourth-order valence-electron chi connectivity index (χ4n) is 2.18. The van der Waals surface area contributed by atoms with E-state index in [4.69, 9.17) is 11.6 Å². The number of halogens is 1. The molecule has 1 aromatic rings. The minimum absolute atomic E-state index is 0.0438. The van der Waals surface area contributed by atoms with Crippen LogP contribution in [0.4, 0.5) is 0 Å². The van der Waals surface area contributed by atoms with E-state index in [2.05, 4.69) is 16.8 Å². The third kappa shape index (κ3) is 3.68. The highest BCUT2D eigenvalue weighted by Crippen LogP contribution is 2.19. The van der Waals surface area contributed by atoms with Crippen molar-refractivity contribution >= 4 is 28.8 Å². The summed E-state index contributed by atoms with van der Waals surface area (Å²) in [4.78, 5) is 21.8. The molecule has 2 rings (SSSR count). The molecule has 1 atom stereocenters. The Balaban J connectivity index is 1.85. The van der Waals surface area contributed by atoms with E-state index in [0.29, 0.717) is 0 Å². The number of amides is 1. The molecule has 1 aliphatic rings. The zero-order valence-corrected chi connectivity index (χ0v) is 13.2. The number of thiazole rings is 1. The van der Waals surface area contributed by atoms with Gasteiger partial charge in [-0.2, -0.15) is 0 Å². The molecular weight excluding hydrogens is 282 g/mol. The highest BCUT2D eigenvalue weighted by atomic mass is 35.5. The maximum absolute atomic E-state index is 11.8. The van der Waals surface area contributed by atoms with E-state index < -0.39 is 5.38 Å². The third-order valence-corrected chi connectivity index (χ3v) is 4.70.